The molecule has 0 N–H and O–H groups in total. The van der Waals surface area contributed by atoms with Crippen molar-refractivity contribution in [2.45, 2.75) is 37.6 Å². The Morgan fingerprint density at radius 3 is 2.23 bits per heavy atom. The maximum atomic E-state index is 12.9. The monoisotopic (exact) mass is 451 g/mol. The number of esters is 1. The Kier molecular flexibility index (Phi) is 6.48. The first-order valence-corrected chi connectivity index (χ1v) is 11.1. The normalized spacial score (nSPS) is 19.9. The second-order valence-electron chi connectivity index (χ2n) is 7.55. The van der Waals surface area contributed by atoms with E-state index < -0.39 is 27.2 Å². The van der Waals surface area contributed by atoms with Gasteiger partial charge in [0, 0.05) is 33.3 Å². The molecule has 0 bridgehead atoms. The molecular formula is C20H25N3O7S. The zero-order chi connectivity index (χ0) is 22.9. The highest BCUT2D eigenvalue weighted by Crippen LogP contribution is 2.21. The SMILES string of the molecule is CC1CN(S(=O)(=O)c2ccc(C(=O)OCc3cc(=O)n(C)c(=O)n3C)cc2)CC(C)O1. The Balaban J connectivity index is 1.72. The van der Waals surface area contributed by atoms with Gasteiger partial charge in [-0.2, -0.15) is 4.31 Å². The lowest BCUT2D eigenvalue weighted by Crippen LogP contribution is -2.48. The number of carbonyl (C=O) groups excluding carboxylic acids is 1. The summed E-state index contributed by atoms with van der Waals surface area (Å²) in [5, 5.41) is 0. The lowest BCUT2D eigenvalue weighted by atomic mass is 10.2. The van der Waals surface area contributed by atoms with Crippen LogP contribution in [0.1, 0.15) is 29.9 Å². The number of morpholine rings is 1. The van der Waals surface area contributed by atoms with Gasteiger partial charge in [0.2, 0.25) is 10.0 Å². The molecule has 1 fully saturated rings. The van der Waals surface area contributed by atoms with E-state index in [4.69, 9.17) is 9.47 Å². The maximum Gasteiger partial charge on any atom is 0.338 e. The van der Waals surface area contributed by atoms with E-state index in [0.717, 1.165) is 4.57 Å². The van der Waals surface area contributed by atoms with Crippen LogP contribution in [0.5, 0.6) is 0 Å². The molecule has 3 rings (SSSR count). The van der Waals surface area contributed by atoms with Gasteiger partial charge in [-0.25, -0.2) is 18.0 Å². The number of hydrogen-bond donors (Lipinski definition) is 0. The van der Waals surface area contributed by atoms with Gasteiger partial charge in [0.05, 0.1) is 28.4 Å². The highest BCUT2D eigenvalue weighted by Gasteiger charge is 2.32. The quantitative estimate of drug-likeness (QED) is 0.598. The van der Waals surface area contributed by atoms with Gasteiger partial charge in [-0.05, 0) is 38.1 Å². The molecule has 31 heavy (non-hydrogen) atoms. The van der Waals surface area contributed by atoms with Crippen LogP contribution in [0.3, 0.4) is 0 Å². The minimum Gasteiger partial charge on any atom is -0.456 e. The Hall–Kier alpha value is -2.76. The highest BCUT2D eigenvalue weighted by molar-refractivity contribution is 7.89. The van der Waals surface area contributed by atoms with Crippen LogP contribution in [0.2, 0.25) is 0 Å². The molecule has 0 aliphatic carbocycles. The van der Waals surface area contributed by atoms with E-state index in [1.807, 2.05) is 13.8 Å². The number of nitrogens with zero attached hydrogens (tertiary/aromatic N) is 3. The van der Waals surface area contributed by atoms with Gasteiger partial charge >= 0.3 is 11.7 Å². The molecule has 0 amide bonds. The minimum absolute atomic E-state index is 0.0688. The molecule has 1 aromatic heterocycles. The van der Waals surface area contributed by atoms with Crippen LogP contribution in [-0.2, 0) is 40.2 Å². The summed E-state index contributed by atoms with van der Waals surface area (Å²) in [6.07, 6.45) is -0.419. The third kappa shape index (κ3) is 4.78. The average Bonchev–Trinajstić information content (AvgIpc) is 2.73. The molecule has 1 aliphatic rings. The fourth-order valence-electron chi connectivity index (χ4n) is 3.38. The van der Waals surface area contributed by atoms with E-state index in [1.54, 1.807) is 0 Å². The zero-order valence-corrected chi connectivity index (χ0v) is 18.6. The molecule has 0 radical (unpaired) electrons. The summed E-state index contributed by atoms with van der Waals surface area (Å²) in [6, 6.07) is 6.65. The summed E-state index contributed by atoms with van der Waals surface area (Å²) in [5.41, 5.74) is -0.636. The number of hydrogen-bond acceptors (Lipinski definition) is 7. The molecule has 2 aromatic rings. The molecule has 1 aliphatic heterocycles. The summed E-state index contributed by atoms with van der Waals surface area (Å²) < 4.78 is 40.1. The first kappa shape index (κ1) is 22.9. The first-order chi connectivity index (χ1) is 14.5. The molecule has 2 heterocycles. The van der Waals surface area contributed by atoms with Gasteiger partial charge in [-0.1, -0.05) is 0 Å². The largest absolute Gasteiger partial charge is 0.456 e. The second kappa shape index (κ2) is 8.77. The smallest absolute Gasteiger partial charge is 0.338 e. The van der Waals surface area contributed by atoms with Crippen molar-refractivity contribution < 1.29 is 22.7 Å². The van der Waals surface area contributed by atoms with E-state index in [2.05, 4.69) is 0 Å². The van der Waals surface area contributed by atoms with Crippen molar-refractivity contribution in [3.63, 3.8) is 0 Å². The minimum atomic E-state index is -3.72. The van der Waals surface area contributed by atoms with E-state index in [0.29, 0.717) is 0 Å². The number of benzene rings is 1. The third-order valence-corrected chi connectivity index (χ3v) is 6.94. The van der Waals surface area contributed by atoms with Crippen molar-refractivity contribution in [1.29, 1.82) is 0 Å². The Morgan fingerprint density at radius 2 is 1.65 bits per heavy atom. The summed E-state index contributed by atoms with van der Waals surface area (Å²) >= 11 is 0. The fourth-order valence-corrected chi connectivity index (χ4v) is 4.97. The van der Waals surface area contributed by atoms with Gasteiger partial charge in [-0.15, -0.1) is 0 Å². The number of ether oxygens (including phenoxy) is 2. The first-order valence-electron chi connectivity index (χ1n) is 9.69. The van der Waals surface area contributed by atoms with Crippen LogP contribution in [0.15, 0.2) is 44.8 Å². The van der Waals surface area contributed by atoms with E-state index in [9.17, 15) is 22.8 Å². The Bertz CT molecular complexity index is 1190. The summed E-state index contributed by atoms with van der Waals surface area (Å²) in [6.45, 7) is 3.87. The molecule has 2 atom stereocenters. The van der Waals surface area contributed by atoms with Crippen molar-refractivity contribution >= 4 is 16.0 Å². The van der Waals surface area contributed by atoms with Gasteiger partial charge in [0.25, 0.3) is 5.56 Å². The lowest BCUT2D eigenvalue weighted by molar-refractivity contribution is -0.0440. The van der Waals surface area contributed by atoms with Gasteiger partial charge in [0.15, 0.2) is 0 Å². The van der Waals surface area contributed by atoms with Crippen molar-refractivity contribution in [2.75, 3.05) is 13.1 Å². The molecular weight excluding hydrogens is 426 g/mol. The average molecular weight is 452 g/mol. The van der Waals surface area contributed by atoms with Crippen LogP contribution in [0.25, 0.3) is 0 Å². The fraction of sp³-hybridized carbons (Fsp3) is 0.450. The molecule has 2 unspecified atom stereocenters. The maximum absolute atomic E-state index is 12.9. The van der Waals surface area contributed by atoms with Gasteiger partial charge < -0.3 is 9.47 Å². The molecule has 1 saturated heterocycles. The highest BCUT2D eigenvalue weighted by atomic mass is 32.2. The molecule has 0 saturated carbocycles. The van der Waals surface area contributed by atoms with Crippen molar-refractivity contribution in [2.24, 2.45) is 14.1 Å². The van der Waals surface area contributed by atoms with Crippen molar-refractivity contribution in [1.82, 2.24) is 13.4 Å². The Labute approximate surface area is 179 Å². The van der Waals surface area contributed by atoms with Gasteiger partial charge in [-0.3, -0.25) is 13.9 Å². The number of aromatic nitrogens is 2. The number of carbonyl (C=O) groups is 1. The third-order valence-electron chi connectivity index (χ3n) is 5.09. The molecule has 10 nitrogen and oxygen atoms in total. The summed E-state index contributed by atoms with van der Waals surface area (Å²) in [5.74, 6) is -0.703. The number of sulfonamides is 1. The summed E-state index contributed by atoms with van der Waals surface area (Å²) in [7, 11) is -0.893. The van der Waals surface area contributed by atoms with E-state index in [1.165, 1.54) is 53.3 Å². The molecule has 168 valence electrons. The molecule has 1 aromatic carbocycles. The van der Waals surface area contributed by atoms with Crippen molar-refractivity contribution in [3.8, 4) is 0 Å². The Morgan fingerprint density at radius 1 is 1.06 bits per heavy atom. The van der Waals surface area contributed by atoms with Crippen LogP contribution in [-0.4, -0.2) is 53.1 Å². The predicted molar refractivity (Wildman–Crippen MR) is 111 cm³/mol. The van der Waals surface area contributed by atoms with Crippen LogP contribution in [0.4, 0.5) is 0 Å². The zero-order valence-electron chi connectivity index (χ0n) is 17.8. The van der Waals surface area contributed by atoms with Crippen LogP contribution in [0, 0.1) is 0 Å². The van der Waals surface area contributed by atoms with Crippen molar-refractivity contribution in [3.05, 3.63) is 62.4 Å². The topological polar surface area (TPSA) is 117 Å². The predicted octanol–water partition coefficient (Wildman–Crippen LogP) is 0.239. The molecule has 0 spiro atoms. The number of rotatable bonds is 5. The molecule has 11 heteroatoms. The van der Waals surface area contributed by atoms with Gasteiger partial charge in [0.1, 0.15) is 6.61 Å². The van der Waals surface area contributed by atoms with E-state index in [-0.39, 0.29) is 48.1 Å². The van der Waals surface area contributed by atoms with Crippen LogP contribution >= 0.6 is 0 Å². The summed E-state index contributed by atoms with van der Waals surface area (Å²) in [4.78, 5) is 36.1. The standard InChI is InChI=1S/C20H25N3O7S/c1-13-10-23(11-14(2)30-13)31(27,28)17-7-5-15(6-8-17)19(25)29-12-16-9-18(24)22(4)20(26)21(16)3/h5-9,13-14H,10-12H2,1-4H3. The second-order valence-corrected chi connectivity index (χ2v) is 9.49. The van der Waals surface area contributed by atoms with Crippen LogP contribution < -0.4 is 11.2 Å². The van der Waals surface area contributed by atoms with E-state index >= 15 is 0 Å². The lowest BCUT2D eigenvalue weighted by Gasteiger charge is -2.34.